The molecule has 8 nitrogen and oxygen atoms in total. The molecule has 0 aliphatic carbocycles. The molecule has 0 heterocycles. The maximum Gasteiger partial charge on any atom is 0.265 e. The fraction of sp³-hybridized carbons (Fsp3) is 0.875. The fourth-order valence-electron chi connectivity index (χ4n) is 2.65. The molecule has 0 aromatic rings. The van der Waals surface area contributed by atoms with E-state index in [2.05, 4.69) is 0 Å². The minimum Gasteiger partial charge on any atom is -0.308 e. The molecule has 0 bridgehead atoms. The van der Waals surface area contributed by atoms with Crippen LogP contribution in [0.1, 0.15) is 66.2 Å². The molecule has 4 N–H and O–H groups in total. The number of carbonyl (C=O) groups is 2. The Bertz CT molecular complexity index is 588. The highest BCUT2D eigenvalue weighted by atomic mass is 32.3. The van der Waals surface area contributed by atoms with Gasteiger partial charge in [-0.25, -0.2) is 0 Å². The summed E-state index contributed by atoms with van der Waals surface area (Å²) in [4.78, 5) is 23.8. The van der Waals surface area contributed by atoms with E-state index in [1.54, 1.807) is 27.7 Å². The van der Waals surface area contributed by atoms with Crippen molar-refractivity contribution in [3.8, 4) is 0 Å². The van der Waals surface area contributed by atoms with Crippen molar-refractivity contribution >= 4 is 32.6 Å². The molecule has 0 radical (unpaired) electrons. The Morgan fingerprint density at radius 2 is 1.04 bits per heavy atom. The third-order valence-corrected chi connectivity index (χ3v) is 6.32. The van der Waals surface area contributed by atoms with E-state index in [4.69, 9.17) is 18.2 Å². The fourth-order valence-corrected chi connectivity index (χ4v) is 4.97. The van der Waals surface area contributed by atoms with E-state index in [0.29, 0.717) is 12.8 Å². The second kappa shape index (κ2) is 9.61. The zero-order valence-corrected chi connectivity index (χ0v) is 17.5. The first-order valence-electron chi connectivity index (χ1n) is 8.38. The van der Waals surface area contributed by atoms with Crippen molar-refractivity contribution in [2.45, 2.75) is 66.2 Å². The van der Waals surface area contributed by atoms with Gasteiger partial charge < -0.3 is 13.7 Å². The lowest BCUT2D eigenvalue weighted by molar-refractivity contribution is -0.124. The van der Waals surface area contributed by atoms with E-state index >= 15 is 0 Å². The predicted octanol–water partition coefficient (Wildman–Crippen LogP) is 3.63. The highest BCUT2D eigenvalue weighted by Crippen LogP contribution is 2.42. The molecule has 0 fully saturated rings. The van der Waals surface area contributed by atoms with Gasteiger partial charge in [0.2, 0.25) is 0 Å². The minimum atomic E-state index is -4.11. The van der Waals surface area contributed by atoms with Crippen LogP contribution in [0.4, 0.5) is 0 Å². The quantitative estimate of drug-likeness (QED) is 0.332. The predicted molar refractivity (Wildman–Crippen MR) is 102 cm³/mol. The van der Waals surface area contributed by atoms with E-state index in [-0.39, 0.29) is 43.0 Å². The van der Waals surface area contributed by atoms with Crippen LogP contribution in [0.5, 0.6) is 0 Å². The summed E-state index contributed by atoms with van der Waals surface area (Å²) >= 11 is 0. The minimum absolute atomic E-state index is 0.0659. The van der Waals surface area contributed by atoms with Gasteiger partial charge in [0.15, 0.2) is 0 Å². The molecule has 10 heteroatoms. The molecule has 0 saturated carbocycles. The highest BCUT2D eigenvalue weighted by molar-refractivity contribution is 8.19. The summed E-state index contributed by atoms with van der Waals surface area (Å²) in [5, 5.41) is 0. The Hall–Kier alpha value is -0.520. The largest absolute Gasteiger partial charge is 0.308 e. The molecule has 0 unspecified atom stereocenters. The van der Waals surface area contributed by atoms with E-state index in [1.807, 2.05) is 0 Å². The average Bonchev–Trinajstić information content (AvgIpc) is 2.35. The van der Waals surface area contributed by atoms with Crippen LogP contribution in [-0.2, 0) is 19.7 Å². The first-order valence-corrected chi connectivity index (χ1v) is 11.7. The molecule has 0 atom stereocenters. The van der Waals surface area contributed by atoms with Gasteiger partial charge in [-0.2, -0.15) is 8.42 Å². The van der Waals surface area contributed by atoms with Crippen LogP contribution in [0.3, 0.4) is 0 Å². The van der Waals surface area contributed by atoms with Crippen LogP contribution < -0.4 is 0 Å². The van der Waals surface area contributed by atoms with Gasteiger partial charge in [0, 0.05) is 25.7 Å². The monoisotopic (exact) mass is 416 g/mol. The number of hydrogen-bond acceptors (Lipinski definition) is 7. The van der Waals surface area contributed by atoms with Crippen molar-refractivity contribution in [1.29, 1.82) is 0 Å². The molecule has 0 amide bonds. The van der Waals surface area contributed by atoms with Gasteiger partial charge >= 0.3 is 0 Å². The van der Waals surface area contributed by atoms with E-state index in [1.165, 1.54) is 0 Å². The molecule has 0 rings (SSSR count). The van der Waals surface area contributed by atoms with Crippen LogP contribution in [0.25, 0.3) is 0 Å². The van der Waals surface area contributed by atoms with Gasteiger partial charge in [-0.15, -0.1) is 0 Å². The van der Waals surface area contributed by atoms with Gasteiger partial charge in [0.05, 0.1) is 22.4 Å². The third kappa shape index (κ3) is 14.6. The van der Waals surface area contributed by atoms with Crippen molar-refractivity contribution < 1.29 is 36.2 Å². The van der Waals surface area contributed by atoms with Crippen LogP contribution in [0.15, 0.2) is 0 Å². The number of ketones is 2. The van der Waals surface area contributed by atoms with Crippen LogP contribution in [0, 0.1) is 10.8 Å². The zero-order chi connectivity index (χ0) is 20.8. The second-order valence-corrected chi connectivity index (χ2v) is 11.4. The molecule has 26 heavy (non-hydrogen) atoms. The Kier molecular flexibility index (Phi) is 9.42. The van der Waals surface area contributed by atoms with Crippen molar-refractivity contribution in [3.63, 3.8) is 0 Å². The van der Waals surface area contributed by atoms with Crippen molar-refractivity contribution in [1.82, 2.24) is 0 Å². The second-order valence-electron chi connectivity index (χ2n) is 8.41. The Morgan fingerprint density at radius 3 is 1.35 bits per heavy atom. The van der Waals surface area contributed by atoms with Crippen LogP contribution in [-0.4, -0.2) is 49.7 Å². The summed E-state index contributed by atoms with van der Waals surface area (Å²) in [6.07, 6.45) is 1.09. The zero-order valence-electron chi connectivity index (χ0n) is 15.9. The van der Waals surface area contributed by atoms with E-state index in [9.17, 15) is 18.0 Å². The molecule has 0 spiro atoms. The Labute approximate surface area is 157 Å². The Balaban J connectivity index is 4.22. The summed E-state index contributed by atoms with van der Waals surface area (Å²) in [5.74, 6) is -0.913. The molecule has 156 valence electrons. The smallest absolute Gasteiger partial charge is 0.265 e. The molecule has 0 aromatic carbocycles. The first-order chi connectivity index (χ1) is 11.4. The lowest BCUT2D eigenvalue weighted by atomic mass is 9.87. The van der Waals surface area contributed by atoms with Crippen molar-refractivity contribution in [3.05, 3.63) is 0 Å². The highest BCUT2D eigenvalue weighted by Gasteiger charge is 2.28. The molecule has 0 aliphatic rings. The number of Topliss-reactive ketones (excluding diaryl/α,β-unsaturated/α-hetero) is 2. The SMILES string of the molecule is CC(C)(CCC(=O)CCC(=O)CCC(C)(C)CS(=O)(=O)O)CS(O)(O)O. The first kappa shape index (κ1) is 25.5. The molecular weight excluding hydrogens is 384 g/mol. The van der Waals surface area contributed by atoms with Crippen LogP contribution >= 0.6 is 10.9 Å². The maximum atomic E-state index is 11.9. The van der Waals surface area contributed by atoms with Gasteiger partial charge in [0.1, 0.15) is 11.6 Å². The normalized spacial score (nSPS) is 14.3. The van der Waals surface area contributed by atoms with Gasteiger partial charge in [0.25, 0.3) is 10.1 Å². The van der Waals surface area contributed by atoms with Crippen molar-refractivity contribution in [2.75, 3.05) is 11.5 Å². The lowest BCUT2D eigenvalue weighted by Crippen LogP contribution is -2.24. The molecular formula is C16H32O8S2. The van der Waals surface area contributed by atoms with Crippen LogP contribution in [0.2, 0.25) is 0 Å². The van der Waals surface area contributed by atoms with Gasteiger partial charge in [-0.3, -0.25) is 14.1 Å². The summed E-state index contributed by atoms with van der Waals surface area (Å²) in [6, 6.07) is 0. The summed E-state index contributed by atoms with van der Waals surface area (Å²) < 4.78 is 58.0. The molecule has 0 saturated heterocycles. The van der Waals surface area contributed by atoms with Crippen molar-refractivity contribution in [2.24, 2.45) is 10.8 Å². The summed E-state index contributed by atoms with van der Waals surface area (Å²) in [5.41, 5.74) is -1.35. The lowest BCUT2D eigenvalue weighted by Gasteiger charge is -2.31. The van der Waals surface area contributed by atoms with Gasteiger partial charge in [-0.1, -0.05) is 27.7 Å². The Morgan fingerprint density at radius 1 is 0.692 bits per heavy atom. The average molecular weight is 417 g/mol. The van der Waals surface area contributed by atoms with E-state index in [0.717, 1.165) is 0 Å². The van der Waals surface area contributed by atoms with Gasteiger partial charge in [-0.05, 0) is 23.7 Å². The maximum absolute atomic E-state index is 11.9. The molecule has 0 aromatic heterocycles. The molecule has 0 aliphatic heterocycles. The summed E-state index contributed by atoms with van der Waals surface area (Å²) in [7, 11) is -7.72. The summed E-state index contributed by atoms with van der Waals surface area (Å²) in [6.45, 7) is 6.72. The van der Waals surface area contributed by atoms with E-state index < -0.39 is 37.6 Å². The third-order valence-electron chi connectivity index (χ3n) is 4.00. The number of hydrogen-bond donors (Lipinski definition) is 4. The topological polar surface area (TPSA) is 149 Å². The number of rotatable bonds is 13. The number of carbonyl (C=O) groups excluding carboxylic acids is 2. The standard InChI is InChI=1S/C16H32O8S2/c1-15(2,11-25(19,20)21)9-7-13(17)5-6-14(18)8-10-16(3,4)12-26(22,23)24/h19-21H,5-12H2,1-4H3,(H,22,23,24).